The van der Waals surface area contributed by atoms with Gasteiger partial charge < -0.3 is 21.1 Å². The molecule has 0 aliphatic rings. The number of hydrogen-bond acceptors (Lipinski definition) is 5. The van der Waals surface area contributed by atoms with Gasteiger partial charge in [0.25, 0.3) is 0 Å². The zero-order chi connectivity index (χ0) is 16.8. The van der Waals surface area contributed by atoms with Crippen molar-refractivity contribution in [3.05, 3.63) is 48.5 Å². The van der Waals surface area contributed by atoms with E-state index in [0.29, 0.717) is 19.0 Å². The van der Waals surface area contributed by atoms with Crippen molar-refractivity contribution in [1.82, 2.24) is 4.98 Å². The number of aromatic nitrogens is 1. The van der Waals surface area contributed by atoms with E-state index < -0.39 is 0 Å². The minimum atomic E-state index is 0.370. The molecule has 1 heterocycles. The van der Waals surface area contributed by atoms with E-state index in [4.69, 9.17) is 10.5 Å². The molecule has 0 spiro atoms. The van der Waals surface area contributed by atoms with E-state index in [0.717, 1.165) is 22.1 Å². The Kier molecular flexibility index (Phi) is 5.12. The highest BCUT2D eigenvalue weighted by molar-refractivity contribution is 7.22. The first-order valence-electron chi connectivity index (χ1n) is 7.55. The second kappa shape index (κ2) is 7.65. The second-order valence-corrected chi connectivity index (χ2v) is 6.07. The number of fused-ring (bicyclic) bond motifs is 1. The molecule has 6 nitrogen and oxygen atoms in total. The normalized spacial score (nSPS) is 11.5. The first kappa shape index (κ1) is 16.1. The van der Waals surface area contributed by atoms with Gasteiger partial charge in [0.2, 0.25) is 0 Å². The van der Waals surface area contributed by atoms with Crippen LogP contribution in [0.1, 0.15) is 0 Å². The molecule has 0 unspecified atom stereocenters. The Hall–Kier alpha value is -2.80. The largest absolute Gasteiger partial charge is 0.497 e. The van der Waals surface area contributed by atoms with Crippen molar-refractivity contribution in [3.8, 4) is 5.75 Å². The van der Waals surface area contributed by atoms with Gasteiger partial charge in [-0.15, -0.1) is 0 Å². The van der Waals surface area contributed by atoms with Crippen LogP contribution in [0, 0.1) is 0 Å². The second-order valence-electron chi connectivity index (χ2n) is 5.04. The quantitative estimate of drug-likeness (QED) is 0.364. The highest BCUT2D eigenvalue weighted by Crippen LogP contribution is 2.25. The molecule has 3 rings (SSSR count). The third-order valence-electron chi connectivity index (χ3n) is 3.31. The Morgan fingerprint density at radius 3 is 2.96 bits per heavy atom. The van der Waals surface area contributed by atoms with Gasteiger partial charge >= 0.3 is 0 Å². The first-order chi connectivity index (χ1) is 11.7. The highest BCUT2D eigenvalue weighted by atomic mass is 32.1. The number of methoxy groups -OCH3 is 1. The molecule has 0 fully saturated rings. The summed E-state index contributed by atoms with van der Waals surface area (Å²) in [5, 5.41) is 7.21. The molecule has 0 aliphatic carbocycles. The zero-order valence-electron chi connectivity index (χ0n) is 13.3. The summed E-state index contributed by atoms with van der Waals surface area (Å²) in [4.78, 5) is 8.82. The lowest BCUT2D eigenvalue weighted by Crippen LogP contribution is -2.23. The number of hydrogen-bond donors (Lipinski definition) is 3. The van der Waals surface area contributed by atoms with E-state index in [1.54, 1.807) is 18.4 Å². The van der Waals surface area contributed by atoms with Crippen molar-refractivity contribution < 1.29 is 4.74 Å². The Balaban J connectivity index is 1.50. The standard InChI is InChI=1S/C17H19N5OS/c1-23-13-6-4-5-12(11-13)21-16(18)19-9-10-20-17-22-14-7-2-3-8-15(14)24-17/h2-8,11H,9-10H2,1H3,(H,20,22)(H3,18,19,21). The SMILES string of the molecule is COc1cccc(NC(N)=NCCNc2nc3ccccc3s2)c1. The van der Waals surface area contributed by atoms with E-state index in [-0.39, 0.29) is 0 Å². The number of nitrogens with zero attached hydrogens (tertiary/aromatic N) is 2. The minimum absolute atomic E-state index is 0.370. The van der Waals surface area contributed by atoms with Crippen molar-refractivity contribution in [1.29, 1.82) is 0 Å². The third-order valence-corrected chi connectivity index (χ3v) is 4.30. The van der Waals surface area contributed by atoms with E-state index in [9.17, 15) is 0 Å². The maximum atomic E-state index is 5.90. The number of thiazole rings is 1. The lowest BCUT2D eigenvalue weighted by Gasteiger charge is -2.07. The topological polar surface area (TPSA) is 84.6 Å². The number of benzene rings is 2. The van der Waals surface area contributed by atoms with Crippen molar-refractivity contribution in [2.75, 3.05) is 30.8 Å². The fourth-order valence-corrected chi connectivity index (χ4v) is 3.07. The van der Waals surface area contributed by atoms with Crippen LogP contribution >= 0.6 is 11.3 Å². The summed E-state index contributed by atoms with van der Waals surface area (Å²) in [6.45, 7) is 1.22. The maximum Gasteiger partial charge on any atom is 0.193 e. The molecule has 0 saturated heterocycles. The van der Waals surface area contributed by atoms with Gasteiger partial charge in [0.1, 0.15) is 5.75 Å². The van der Waals surface area contributed by atoms with Crippen LogP contribution in [0.3, 0.4) is 0 Å². The van der Waals surface area contributed by atoms with E-state index in [2.05, 4.69) is 26.7 Å². The Morgan fingerprint density at radius 1 is 1.25 bits per heavy atom. The van der Waals surface area contributed by atoms with Crippen LogP contribution in [-0.4, -0.2) is 31.1 Å². The van der Waals surface area contributed by atoms with Crippen molar-refractivity contribution in [2.24, 2.45) is 10.7 Å². The molecule has 2 aromatic carbocycles. The fourth-order valence-electron chi connectivity index (χ4n) is 2.18. The number of guanidine groups is 1. The van der Waals surface area contributed by atoms with Gasteiger partial charge in [-0.2, -0.15) is 0 Å². The third kappa shape index (κ3) is 4.14. The minimum Gasteiger partial charge on any atom is -0.497 e. The predicted molar refractivity (Wildman–Crippen MR) is 101 cm³/mol. The molecule has 0 saturated carbocycles. The van der Waals surface area contributed by atoms with Gasteiger partial charge in [0, 0.05) is 18.3 Å². The molecule has 0 radical (unpaired) electrons. The molecule has 0 aliphatic heterocycles. The van der Waals surface area contributed by atoms with Crippen LogP contribution < -0.4 is 21.1 Å². The molecule has 124 valence electrons. The van der Waals surface area contributed by atoms with Crippen molar-refractivity contribution >= 4 is 38.3 Å². The fraction of sp³-hybridized carbons (Fsp3) is 0.176. The van der Waals surface area contributed by atoms with Gasteiger partial charge in [-0.05, 0) is 24.3 Å². The molecular formula is C17H19N5OS. The number of nitrogens with one attached hydrogen (secondary N) is 2. The molecule has 1 aromatic heterocycles. The number of nitrogens with two attached hydrogens (primary N) is 1. The van der Waals surface area contributed by atoms with Gasteiger partial charge in [0.05, 0.1) is 23.9 Å². The highest BCUT2D eigenvalue weighted by Gasteiger charge is 2.02. The van der Waals surface area contributed by atoms with Gasteiger partial charge in [-0.3, -0.25) is 4.99 Å². The molecular weight excluding hydrogens is 322 g/mol. The van der Waals surface area contributed by atoms with E-state index in [1.807, 2.05) is 42.5 Å². The average molecular weight is 341 g/mol. The van der Waals surface area contributed by atoms with Crippen molar-refractivity contribution in [2.45, 2.75) is 0 Å². The summed E-state index contributed by atoms with van der Waals surface area (Å²) in [5.74, 6) is 1.14. The molecule has 0 bridgehead atoms. The lowest BCUT2D eigenvalue weighted by atomic mass is 10.3. The first-order valence-corrected chi connectivity index (χ1v) is 8.37. The van der Waals surface area contributed by atoms with E-state index >= 15 is 0 Å². The van der Waals surface area contributed by atoms with Gasteiger partial charge in [0.15, 0.2) is 11.1 Å². The summed E-state index contributed by atoms with van der Waals surface area (Å²) >= 11 is 1.63. The molecule has 7 heteroatoms. The number of rotatable bonds is 6. The summed E-state index contributed by atoms with van der Waals surface area (Å²) in [5.41, 5.74) is 7.74. The number of ether oxygens (including phenoxy) is 1. The van der Waals surface area contributed by atoms with Gasteiger partial charge in [-0.25, -0.2) is 4.98 Å². The summed E-state index contributed by atoms with van der Waals surface area (Å²) < 4.78 is 6.34. The monoisotopic (exact) mass is 341 g/mol. The zero-order valence-corrected chi connectivity index (χ0v) is 14.1. The lowest BCUT2D eigenvalue weighted by molar-refractivity contribution is 0.415. The molecule has 3 aromatic rings. The molecule has 4 N–H and O–H groups in total. The average Bonchev–Trinajstić information content (AvgIpc) is 3.01. The number of anilines is 2. The van der Waals surface area contributed by atoms with Crippen LogP contribution in [0.25, 0.3) is 10.2 Å². The number of para-hydroxylation sites is 1. The Labute approximate surface area is 144 Å². The van der Waals surface area contributed by atoms with Gasteiger partial charge in [-0.1, -0.05) is 29.5 Å². The van der Waals surface area contributed by atoms with Crippen LogP contribution in [0.4, 0.5) is 10.8 Å². The summed E-state index contributed by atoms with van der Waals surface area (Å²) in [6, 6.07) is 15.6. The Bertz CT molecular complexity index is 813. The maximum absolute atomic E-state index is 5.90. The molecule has 0 atom stereocenters. The van der Waals surface area contributed by atoms with Crippen molar-refractivity contribution in [3.63, 3.8) is 0 Å². The van der Waals surface area contributed by atoms with Crippen LogP contribution in [-0.2, 0) is 0 Å². The Morgan fingerprint density at radius 2 is 2.12 bits per heavy atom. The smallest absolute Gasteiger partial charge is 0.193 e. The number of aliphatic imine (C=N–C) groups is 1. The van der Waals surface area contributed by atoms with E-state index in [1.165, 1.54) is 4.70 Å². The molecule has 24 heavy (non-hydrogen) atoms. The van der Waals surface area contributed by atoms with Crippen LogP contribution in [0.2, 0.25) is 0 Å². The molecule has 0 amide bonds. The summed E-state index contributed by atoms with van der Waals surface area (Å²) in [7, 11) is 1.63. The summed E-state index contributed by atoms with van der Waals surface area (Å²) in [6.07, 6.45) is 0. The predicted octanol–water partition coefficient (Wildman–Crippen LogP) is 3.14. The van der Waals surface area contributed by atoms with Crippen LogP contribution in [0.15, 0.2) is 53.5 Å². The van der Waals surface area contributed by atoms with Crippen LogP contribution in [0.5, 0.6) is 5.75 Å².